The van der Waals surface area contributed by atoms with Crippen LogP contribution in [-0.4, -0.2) is 76.1 Å². The van der Waals surface area contributed by atoms with E-state index < -0.39 is 41.0 Å². The number of carbonyl (C=O) groups is 3. The van der Waals surface area contributed by atoms with Crippen molar-refractivity contribution in [2.24, 2.45) is 10.4 Å². The highest BCUT2D eigenvalue weighted by atomic mass is 32.2. The Morgan fingerprint density at radius 3 is 2.40 bits per heavy atom. The van der Waals surface area contributed by atoms with Crippen LogP contribution < -0.4 is 0 Å². The number of β-lactam (4-membered cyclic amide) rings is 1. The van der Waals surface area contributed by atoms with Gasteiger partial charge in [-0.2, -0.15) is 0 Å². The first-order chi connectivity index (χ1) is 14.0. The number of likely N-dealkylation sites (tertiary alicyclic amines) is 1. The fraction of sp³-hybridized carbons (Fsp3) is 0.810. The van der Waals surface area contributed by atoms with E-state index in [1.807, 2.05) is 20.2 Å². The summed E-state index contributed by atoms with van der Waals surface area (Å²) in [6.45, 7) is 10.5. The van der Waals surface area contributed by atoms with E-state index in [-0.39, 0.29) is 11.3 Å². The highest BCUT2D eigenvalue weighted by molar-refractivity contribution is 8.01. The summed E-state index contributed by atoms with van der Waals surface area (Å²) in [5, 5.41) is -0.176. The van der Waals surface area contributed by atoms with E-state index in [1.54, 1.807) is 37.4 Å². The Morgan fingerprint density at radius 2 is 1.80 bits per heavy atom. The van der Waals surface area contributed by atoms with E-state index in [9.17, 15) is 14.4 Å². The predicted octanol–water partition coefficient (Wildman–Crippen LogP) is 2.41. The number of hydrogen-bond donors (Lipinski definition) is 0. The van der Waals surface area contributed by atoms with Gasteiger partial charge in [-0.3, -0.25) is 14.6 Å². The molecule has 0 aliphatic carbocycles. The normalized spacial score (nSPS) is 28.7. The molecule has 0 unspecified atom stereocenters. The van der Waals surface area contributed by atoms with Gasteiger partial charge in [0.25, 0.3) is 5.91 Å². The van der Waals surface area contributed by atoms with Gasteiger partial charge in [0, 0.05) is 17.8 Å². The minimum absolute atomic E-state index is 0.155. The second-order valence-electron chi connectivity index (χ2n) is 9.68. The molecule has 0 saturated carbocycles. The molecule has 9 heteroatoms. The summed E-state index contributed by atoms with van der Waals surface area (Å²) in [4.78, 5) is 45.7. The summed E-state index contributed by atoms with van der Waals surface area (Å²) in [5.41, 5.74) is -0.675. The first-order valence-electron chi connectivity index (χ1n) is 10.6. The molecular weight excluding hydrogens is 406 g/mol. The van der Waals surface area contributed by atoms with E-state index in [2.05, 4.69) is 9.89 Å². The second kappa shape index (κ2) is 8.77. The molecule has 0 spiro atoms. The van der Waals surface area contributed by atoms with Gasteiger partial charge < -0.3 is 19.3 Å². The van der Waals surface area contributed by atoms with E-state index in [0.717, 1.165) is 25.9 Å². The van der Waals surface area contributed by atoms with Crippen LogP contribution in [0.15, 0.2) is 4.99 Å². The molecule has 0 aromatic rings. The van der Waals surface area contributed by atoms with Gasteiger partial charge in [-0.15, -0.1) is 11.8 Å². The lowest BCUT2D eigenvalue weighted by molar-refractivity contribution is -0.179. The molecule has 0 aromatic heterocycles. The number of carbonyl (C=O) groups excluding carboxylic acids is 3. The maximum Gasteiger partial charge on any atom is 0.333 e. The number of thioether (sulfide) groups is 1. The van der Waals surface area contributed by atoms with Crippen molar-refractivity contribution >= 4 is 35.9 Å². The molecular formula is C21H33N3O5S. The summed E-state index contributed by atoms with van der Waals surface area (Å²) < 4.78 is 9.71. The largest absolute Gasteiger partial charge is 0.427 e. The van der Waals surface area contributed by atoms with Crippen LogP contribution in [0.5, 0.6) is 0 Å². The zero-order valence-corrected chi connectivity index (χ0v) is 19.4. The number of rotatable bonds is 5. The minimum Gasteiger partial charge on any atom is -0.427 e. The van der Waals surface area contributed by atoms with Crippen LogP contribution in [0.4, 0.5) is 0 Å². The first-order valence-corrected chi connectivity index (χ1v) is 11.5. The number of hydrogen-bond acceptors (Lipinski definition) is 7. The van der Waals surface area contributed by atoms with Gasteiger partial charge in [-0.05, 0) is 47.5 Å². The van der Waals surface area contributed by atoms with Crippen molar-refractivity contribution in [2.75, 3.05) is 19.9 Å². The summed E-state index contributed by atoms with van der Waals surface area (Å²) in [6.07, 6.45) is 6.59. The summed E-state index contributed by atoms with van der Waals surface area (Å²) in [6, 6.07) is -1.19. The third-order valence-electron chi connectivity index (χ3n) is 5.67. The lowest BCUT2D eigenvalue weighted by atomic mass is 9.96. The number of fused-ring (bicyclic) bond motifs is 1. The van der Waals surface area contributed by atoms with Crippen LogP contribution in [0.2, 0.25) is 0 Å². The van der Waals surface area contributed by atoms with E-state index in [1.165, 1.54) is 12.8 Å². The summed E-state index contributed by atoms with van der Waals surface area (Å²) in [5.74, 6) is -1.16. The molecule has 3 rings (SSSR count). The third kappa shape index (κ3) is 4.76. The second-order valence-corrected chi connectivity index (χ2v) is 11.5. The molecule has 3 aliphatic rings. The Kier molecular flexibility index (Phi) is 6.69. The fourth-order valence-electron chi connectivity index (χ4n) is 3.92. The smallest absolute Gasteiger partial charge is 0.333 e. The standard InChI is InChI=1S/C21H33N3O5S/c1-20(2,3)19(27)29-13-28-18(26)15-21(4,5)30-17-14(16(25)24(15)17)22-12-23-10-8-6-7-9-11-23/h12,14-15,17H,6-11,13H2,1-5H3/t14-,15+,17+/m1/s1. The van der Waals surface area contributed by atoms with E-state index in [0.29, 0.717) is 0 Å². The van der Waals surface area contributed by atoms with E-state index in [4.69, 9.17) is 9.47 Å². The Morgan fingerprint density at radius 1 is 1.17 bits per heavy atom. The van der Waals surface area contributed by atoms with Crippen molar-refractivity contribution in [3.05, 3.63) is 0 Å². The van der Waals surface area contributed by atoms with Crippen LogP contribution in [0.1, 0.15) is 60.3 Å². The van der Waals surface area contributed by atoms with Crippen LogP contribution >= 0.6 is 11.8 Å². The molecule has 8 nitrogen and oxygen atoms in total. The number of nitrogens with zero attached hydrogens (tertiary/aromatic N) is 3. The SMILES string of the molecule is CC(C)(C)C(=O)OCOC(=O)[C@@H]1N2C(=O)[C@@H](N=CN3CCCCCC3)[C@@H]2SC1(C)C. The van der Waals surface area contributed by atoms with Crippen LogP contribution in [0.25, 0.3) is 0 Å². The molecule has 0 bridgehead atoms. The molecule has 3 aliphatic heterocycles. The molecule has 0 aromatic carbocycles. The van der Waals surface area contributed by atoms with Crippen LogP contribution in [0.3, 0.4) is 0 Å². The molecule has 0 N–H and O–H groups in total. The van der Waals surface area contributed by atoms with Gasteiger partial charge in [-0.25, -0.2) is 4.79 Å². The summed E-state index contributed by atoms with van der Waals surface area (Å²) >= 11 is 1.56. The monoisotopic (exact) mass is 439 g/mol. The number of aliphatic imine (C=N–C) groups is 1. The Labute approximate surface area is 182 Å². The van der Waals surface area contributed by atoms with Crippen LogP contribution in [-0.2, 0) is 23.9 Å². The van der Waals surface area contributed by atoms with Crippen molar-refractivity contribution in [3.63, 3.8) is 0 Å². The first kappa shape index (κ1) is 22.9. The molecule has 30 heavy (non-hydrogen) atoms. The number of esters is 2. The van der Waals surface area contributed by atoms with Crippen molar-refractivity contribution < 1.29 is 23.9 Å². The summed E-state index contributed by atoms with van der Waals surface area (Å²) in [7, 11) is 0. The lowest BCUT2D eigenvalue weighted by Gasteiger charge is -2.41. The average molecular weight is 440 g/mol. The highest BCUT2D eigenvalue weighted by Crippen LogP contribution is 2.51. The van der Waals surface area contributed by atoms with Gasteiger partial charge in [0.1, 0.15) is 11.4 Å². The third-order valence-corrected chi connectivity index (χ3v) is 7.23. The molecule has 3 saturated heterocycles. The van der Waals surface area contributed by atoms with Crippen molar-refractivity contribution in [1.29, 1.82) is 0 Å². The topological polar surface area (TPSA) is 88.5 Å². The average Bonchev–Trinajstić information content (AvgIpc) is 2.80. The van der Waals surface area contributed by atoms with Crippen molar-refractivity contribution in [2.45, 2.75) is 82.5 Å². The quantitative estimate of drug-likeness (QED) is 0.214. The van der Waals surface area contributed by atoms with Gasteiger partial charge in [0.2, 0.25) is 6.79 Å². The Hall–Kier alpha value is -1.77. The van der Waals surface area contributed by atoms with Gasteiger partial charge in [0.15, 0.2) is 6.04 Å². The van der Waals surface area contributed by atoms with E-state index >= 15 is 0 Å². The van der Waals surface area contributed by atoms with Crippen molar-refractivity contribution in [1.82, 2.24) is 9.80 Å². The lowest BCUT2D eigenvalue weighted by Crippen LogP contribution is -2.65. The zero-order chi connectivity index (χ0) is 22.1. The molecule has 3 fully saturated rings. The van der Waals surface area contributed by atoms with Gasteiger partial charge in [0.05, 0.1) is 11.8 Å². The molecule has 3 heterocycles. The zero-order valence-electron chi connectivity index (χ0n) is 18.6. The maximum absolute atomic E-state index is 12.8. The fourth-order valence-corrected chi connectivity index (χ4v) is 5.54. The van der Waals surface area contributed by atoms with Gasteiger partial charge in [-0.1, -0.05) is 12.8 Å². The Bertz CT molecular complexity index is 710. The molecule has 1 amide bonds. The van der Waals surface area contributed by atoms with Crippen molar-refractivity contribution in [3.8, 4) is 0 Å². The van der Waals surface area contributed by atoms with Gasteiger partial charge >= 0.3 is 11.9 Å². The number of amides is 1. The molecule has 168 valence electrons. The number of ether oxygens (including phenoxy) is 2. The minimum atomic E-state index is -0.724. The molecule has 0 radical (unpaired) electrons. The highest BCUT2D eigenvalue weighted by Gasteiger charge is 2.64. The predicted molar refractivity (Wildman–Crippen MR) is 115 cm³/mol. The molecule has 3 atom stereocenters. The van der Waals surface area contributed by atoms with Crippen LogP contribution in [0, 0.1) is 5.41 Å². The maximum atomic E-state index is 12.8. The Balaban J connectivity index is 1.58.